The van der Waals surface area contributed by atoms with E-state index in [1.54, 1.807) is 41.7 Å². The van der Waals surface area contributed by atoms with Gasteiger partial charge in [-0.25, -0.2) is 18.7 Å². The normalized spacial score (nSPS) is 13.4. The van der Waals surface area contributed by atoms with Gasteiger partial charge < -0.3 is 14.6 Å². The van der Waals surface area contributed by atoms with Gasteiger partial charge in [0.2, 0.25) is 0 Å². The first-order valence-corrected chi connectivity index (χ1v) is 16.0. The van der Waals surface area contributed by atoms with Crippen molar-refractivity contribution in [2.75, 3.05) is 6.61 Å². The number of aryl methyl sites for hydroxylation is 1. The Kier molecular flexibility index (Phi) is 7.22. The zero-order valence-corrected chi connectivity index (χ0v) is 23.4. The number of nitrogens with one attached hydrogen (secondary N) is 1. The van der Waals surface area contributed by atoms with E-state index < -0.39 is 25.7 Å². The minimum atomic E-state index is -1.60. The van der Waals surface area contributed by atoms with Crippen molar-refractivity contribution in [1.82, 2.24) is 29.6 Å². The van der Waals surface area contributed by atoms with Gasteiger partial charge in [0.25, 0.3) is 5.91 Å². The Morgan fingerprint density at radius 3 is 2.68 bits per heavy atom. The van der Waals surface area contributed by atoms with Crippen LogP contribution >= 0.6 is 0 Å². The molecule has 0 saturated heterocycles. The van der Waals surface area contributed by atoms with Crippen LogP contribution in [-0.2, 0) is 18.5 Å². The molecule has 0 fully saturated rings. The Morgan fingerprint density at radius 2 is 2.00 bits per heavy atom. The number of ether oxygens (including phenoxy) is 1. The van der Waals surface area contributed by atoms with Crippen LogP contribution in [-0.4, -0.2) is 56.6 Å². The van der Waals surface area contributed by atoms with E-state index in [9.17, 15) is 13.6 Å². The second-order valence-corrected chi connectivity index (χ2v) is 16.8. The van der Waals surface area contributed by atoms with E-state index in [0.29, 0.717) is 40.1 Å². The van der Waals surface area contributed by atoms with Crippen molar-refractivity contribution >= 4 is 36.0 Å². The SMILES string of the molecule is C[C@@H](NC(=O)c1cn(COCC[Si](C)(C)C)c2ncc(-c3nn(C)c4cc(F)ccc34)nc12)C(C)(C)F. The molecule has 0 radical (unpaired) electrons. The third-order valence-corrected chi connectivity index (χ3v) is 8.17. The number of fused-ring (bicyclic) bond motifs is 2. The second-order valence-electron chi connectivity index (χ2n) is 11.2. The van der Waals surface area contributed by atoms with Gasteiger partial charge in [0.15, 0.2) is 5.65 Å². The van der Waals surface area contributed by atoms with Crippen molar-refractivity contribution < 1.29 is 18.3 Å². The molecule has 1 N–H and O–H groups in total. The Morgan fingerprint density at radius 1 is 1.27 bits per heavy atom. The van der Waals surface area contributed by atoms with Gasteiger partial charge in [-0.1, -0.05) is 19.6 Å². The first-order chi connectivity index (χ1) is 17.2. The fourth-order valence-corrected chi connectivity index (χ4v) is 4.59. The molecule has 37 heavy (non-hydrogen) atoms. The van der Waals surface area contributed by atoms with E-state index in [0.717, 1.165) is 6.04 Å². The number of carbonyl (C=O) groups is 1. The summed E-state index contributed by atoms with van der Waals surface area (Å²) in [7, 11) is 0.465. The lowest BCUT2D eigenvalue weighted by molar-refractivity contribution is 0.0854. The summed E-state index contributed by atoms with van der Waals surface area (Å²) in [6.07, 6.45) is 3.23. The molecule has 0 aliphatic carbocycles. The van der Waals surface area contributed by atoms with E-state index in [2.05, 4.69) is 35.0 Å². The van der Waals surface area contributed by atoms with E-state index in [1.165, 1.54) is 26.0 Å². The molecule has 8 nitrogen and oxygen atoms in total. The van der Waals surface area contributed by atoms with Gasteiger partial charge in [-0.2, -0.15) is 5.10 Å². The minimum absolute atomic E-state index is 0.207. The van der Waals surface area contributed by atoms with Crippen LogP contribution in [0.5, 0.6) is 0 Å². The third-order valence-electron chi connectivity index (χ3n) is 6.47. The van der Waals surface area contributed by atoms with Crippen molar-refractivity contribution in [3.63, 3.8) is 0 Å². The molecule has 11 heteroatoms. The number of hydrogen-bond donors (Lipinski definition) is 1. The number of amides is 1. The predicted octanol–water partition coefficient (Wildman–Crippen LogP) is 5.30. The Balaban J connectivity index is 1.75. The summed E-state index contributed by atoms with van der Waals surface area (Å²) in [6, 6.07) is 4.70. The summed E-state index contributed by atoms with van der Waals surface area (Å²) >= 11 is 0. The molecule has 3 heterocycles. The Labute approximate surface area is 216 Å². The molecule has 3 aromatic heterocycles. The lowest BCUT2D eigenvalue weighted by Gasteiger charge is -2.23. The molecule has 198 valence electrons. The Hall–Kier alpha value is -3.18. The Bertz CT molecular complexity index is 1450. The predicted molar refractivity (Wildman–Crippen MR) is 143 cm³/mol. The quantitative estimate of drug-likeness (QED) is 0.235. The molecule has 1 aromatic carbocycles. The average molecular weight is 529 g/mol. The molecule has 4 rings (SSSR count). The van der Waals surface area contributed by atoms with Gasteiger partial charge in [-0.15, -0.1) is 0 Å². The van der Waals surface area contributed by atoms with Crippen molar-refractivity contribution in [2.45, 2.75) is 64.9 Å². The van der Waals surface area contributed by atoms with Crippen molar-refractivity contribution in [2.24, 2.45) is 7.05 Å². The van der Waals surface area contributed by atoms with Gasteiger partial charge in [0.1, 0.15) is 35.1 Å². The second kappa shape index (κ2) is 9.94. The zero-order valence-electron chi connectivity index (χ0n) is 22.4. The van der Waals surface area contributed by atoms with Crippen LogP contribution in [0.15, 0.2) is 30.6 Å². The molecular formula is C26H34F2N6O2Si. The summed E-state index contributed by atoms with van der Waals surface area (Å²) in [5.41, 5.74) is 1.06. The van der Waals surface area contributed by atoms with E-state index in [-0.39, 0.29) is 18.1 Å². The first-order valence-electron chi connectivity index (χ1n) is 12.3. The number of halogens is 2. The van der Waals surface area contributed by atoms with Gasteiger partial charge in [0, 0.05) is 33.3 Å². The van der Waals surface area contributed by atoms with Gasteiger partial charge in [0.05, 0.1) is 23.3 Å². The molecule has 0 aliphatic rings. The van der Waals surface area contributed by atoms with Crippen LogP contribution < -0.4 is 5.32 Å². The number of benzene rings is 1. The largest absolute Gasteiger partial charge is 0.361 e. The lowest BCUT2D eigenvalue weighted by Crippen LogP contribution is -2.44. The van der Waals surface area contributed by atoms with Crippen LogP contribution in [0.2, 0.25) is 25.7 Å². The summed E-state index contributed by atoms with van der Waals surface area (Å²) in [5.74, 6) is -0.817. The molecular weight excluding hydrogens is 494 g/mol. The highest BCUT2D eigenvalue weighted by molar-refractivity contribution is 6.76. The smallest absolute Gasteiger partial charge is 0.255 e. The number of rotatable bonds is 9. The maximum absolute atomic E-state index is 14.4. The number of carbonyl (C=O) groups excluding carboxylic acids is 1. The zero-order chi connectivity index (χ0) is 27.1. The van der Waals surface area contributed by atoms with Crippen molar-refractivity contribution in [3.05, 3.63) is 42.0 Å². The number of nitrogens with zero attached hydrogens (tertiary/aromatic N) is 5. The summed E-state index contributed by atoms with van der Waals surface area (Å²) in [6.45, 7) is 12.1. The van der Waals surface area contributed by atoms with Crippen molar-refractivity contribution in [1.29, 1.82) is 0 Å². The van der Waals surface area contributed by atoms with E-state index in [1.807, 2.05) is 0 Å². The molecule has 1 atom stereocenters. The standard InChI is InChI=1S/C26H34F2N6O2Si/c1-16(26(2,3)28)30-25(35)19-14-34(15-36-10-11-37(5,6)7)24-23(19)31-20(13-29-24)22-18-9-8-17(27)12-21(18)33(4)32-22/h8-9,12-14,16H,10-11,15H2,1-7H3,(H,30,35)/t16-/m1/s1. The van der Waals surface area contributed by atoms with E-state index in [4.69, 9.17) is 9.72 Å². The average Bonchev–Trinajstić information content (AvgIpc) is 3.32. The molecule has 0 saturated carbocycles. The van der Waals surface area contributed by atoms with Crippen molar-refractivity contribution in [3.8, 4) is 11.4 Å². The lowest BCUT2D eigenvalue weighted by atomic mass is 10.0. The summed E-state index contributed by atoms with van der Waals surface area (Å²) in [4.78, 5) is 22.6. The molecule has 4 aromatic rings. The summed E-state index contributed by atoms with van der Waals surface area (Å²) < 4.78 is 37.5. The van der Waals surface area contributed by atoms with Crippen LogP contribution in [0.1, 0.15) is 31.1 Å². The maximum Gasteiger partial charge on any atom is 0.255 e. The molecule has 0 unspecified atom stereocenters. The number of alkyl halides is 1. The van der Waals surface area contributed by atoms with Crippen LogP contribution in [0, 0.1) is 5.82 Å². The highest BCUT2D eigenvalue weighted by Gasteiger charge is 2.28. The van der Waals surface area contributed by atoms with Crippen LogP contribution in [0.3, 0.4) is 0 Å². The number of aromatic nitrogens is 5. The van der Waals surface area contributed by atoms with E-state index >= 15 is 0 Å². The highest BCUT2D eigenvalue weighted by atomic mass is 28.3. The number of hydrogen-bond acceptors (Lipinski definition) is 5. The summed E-state index contributed by atoms with van der Waals surface area (Å²) in [5, 5.41) is 7.97. The first kappa shape index (κ1) is 26.9. The van der Waals surface area contributed by atoms with Crippen LogP contribution in [0.4, 0.5) is 8.78 Å². The van der Waals surface area contributed by atoms with Gasteiger partial charge >= 0.3 is 0 Å². The van der Waals surface area contributed by atoms with Crippen LogP contribution in [0.25, 0.3) is 33.5 Å². The third kappa shape index (κ3) is 5.88. The topological polar surface area (TPSA) is 86.9 Å². The fourth-order valence-electron chi connectivity index (χ4n) is 3.84. The fraction of sp³-hybridized carbons (Fsp3) is 0.462. The molecule has 0 bridgehead atoms. The monoisotopic (exact) mass is 528 g/mol. The van der Waals surface area contributed by atoms with Gasteiger partial charge in [-0.3, -0.25) is 9.48 Å². The molecule has 0 aliphatic heterocycles. The van der Waals surface area contributed by atoms with Gasteiger partial charge in [-0.05, 0) is 45.0 Å². The minimum Gasteiger partial charge on any atom is -0.361 e. The molecule has 1 amide bonds. The maximum atomic E-state index is 14.4. The molecule has 0 spiro atoms. The highest BCUT2D eigenvalue weighted by Crippen LogP contribution is 2.29.